The fraction of sp³-hybridized carbons (Fsp3) is 0.292. The van der Waals surface area contributed by atoms with Crippen LogP contribution < -0.4 is 19.5 Å². The average Bonchev–Trinajstić information content (AvgIpc) is 2.79. The van der Waals surface area contributed by atoms with Crippen LogP contribution in [0.5, 0.6) is 17.4 Å². The molecule has 0 saturated carbocycles. The third kappa shape index (κ3) is 6.99. The minimum atomic E-state index is -0.422. The molecule has 0 fully saturated rings. The second-order valence-corrected chi connectivity index (χ2v) is 7.67. The van der Waals surface area contributed by atoms with Crippen LogP contribution in [0.3, 0.4) is 0 Å². The molecule has 32 heavy (non-hydrogen) atoms. The highest BCUT2D eigenvalue weighted by Gasteiger charge is 2.14. The van der Waals surface area contributed by atoms with Gasteiger partial charge in [0.15, 0.2) is 11.5 Å². The van der Waals surface area contributed by atoms with Crippen LogP contribution in [0.2, 0.25) is 10.0 Å². The van der Waals surface area contributed by atoms with Crippen LogP contribution in [0, 0.1) is 5.82 Å². The lowest BCUT2D eigenvalue weighted by molar-refractivity contribution is 0.265. The second kappa shape index (κ2) is 12.5. The quantitative estimate of drug-likeness (QED) is 0.320. The molecule has 0 saturated heterocycles. The van der Waals surface area contributed by atoms with Gasteiger partial charge in [0.05, 0.1) is 18.2 Å². The lowest BCUT2D eigenvalue weighted by atomic mass is 10.2. The number of pyridine rings is 1. The maximum Gasteiger partial charge on any atom is 0.213 e. The first-order chi connectivity index (χ1) is 15.6. The molecular formula is C24H25Cl2FN2O3. The summed E-state index contributed by atoms with van der Waals surface area (Å²) in [5.41, 5.74) is 1.16. The Morgan fingerprint density at radius 3 is 2.56 bits per heavy atom. The molecule has 0 aliphatic heterocycles. The summed E-state index contributed by atoms with van der Waals surface area (Å²) in [4.78, 5) is 4.12. The van der Waals surface area contributed by atoms with Gasteiger partial charge in [0.25, 0.3) is 0 Å². The molecule has 8 heteroatoms. The highest BCUT2D eigenvalue weighted by molar-refractivity contribution is 6.31. The molecule has 0 aliphatic carbocycles. The van der Waals surface area contributed by atoms with Gasteiger partial charge < -0.3 is 19.5 Å². The minimum Gasteiger partial charge on any atom is -0.490 e. The Morgan fingerprint density at radius 2 is 1.81 bits per heavy atom. The van der Waals surface area contributed by atoms with Crippen LogP contribution >= 0.6 is 23.2 Å². The van der Waals surface area contributed by atoms with Gasteiger partial charge in [0, 0.05) is 35.5 Å². The predicted molar refractivity (Wildman–Crippen MR) is 124 cm³/mol. The van der Waals surface area contributed by atoms with Gasteiger partial charge in [-0.3, -0.25) is 0 Å². The van der Waals surface area contributed by atoms with Crippen molar-refractivity contribution in [3.63, 3.8) is 0 Å². The van der Waals surface area contributed by atoms with Gasteiger partial charge in [-0.1, -0.05) is 35.3 Å². The first-order valence-electron chi connectivity index (χ1n) is 10.3. The van der Waals surface area contributed by atoms with Crippen molar-refractivity contribution in [3.8, 4) is 17.4 Å². The van der Waals surface area contributed by atoms with Crippen molar-refractivity contribution in [2.75, 3.05) is 19.8 Å². The van der Waals surface area contributed by atoms with Gasteiger partial charge in [-0.15, -0.1) is 0 Å². The number of hydrogen-bond acceptors (Lipinski definition) is 5. The standard InChI is InChI=1S/C24H25Cl2FN2O3/c1-2-30-22-13-17(15-28-10-6-12-31-24-9-3-4-11-29-24)20(26)14-23(22)32-16-18-19(25)7-5-8-21(18)27/h3-5,7-9,11,13-14,28H,2,6,10,12,15-16H2,1H3. The highest BCUT2D eigenvalue weighted by atomic mass is 35.5. The number of nitrogens with zero attached hydrogens (tertiary/aromatic N) is 1. The molecule has 2 aromatic carbocycles. The van der Waals surface area contributed by atoms with E-state index in [1.54, 1.807) is 24.4 Å². The SMILES string of the molecule is CCOc1cc(CNCCCOc2ccccn2)c(Cl)cc1OCc1c(F)cccc1Cl. The van der Waals surface area contributed by atoms with E-state index in [9.17, 15) is 4.39 Å². The minimum absolute atomic E-state index is 0.0320. The van der Waals surface area contributed by atoms with Crippen LogP contribution in [0.25, 0.3) is 0 Å². The van der Waals surface area contributed by atoms with E-state index in [0.717, 1.165) is 18.5 Å². The molecule has 3 rings (SSSR count). The highest BCUT2D eigenvalue weighted by Crippen LogP contribution is 2.35. The summed E-state index contributed by atoms with van der Waals surface area (Å²) in [5.74, 6) is 1.17. The van der Waals surface area contributed by atoms with Crippen molar-refractivity contribution in [2.24, 2.45) is 0 Å². The van der Waals surface area contributed by atoms with Crippen molar-refractivity contribution in [1.29, 1.82) is 0 Å². The number of ether oxygens (including phenoxy) is 3. The molecule has 1 aromatic heterocycles. The number of halogens is 3. The van der Waals surface area contributed by atoms with Crippen LogP contribution in [0.4, 0.5) is 4.39 Å². The van der Waals surface area contributed by atoms with E-state index in [0.29, 0.717) is 47.2 Å². The molecule has 170 valence electrons. The van der Waals surface area contributed by atoms with Gasteiger partial charge in [-0.05, 0) is 49.7 Å². The van der Waals surface area contributed by atoms with Gasteiger partial charge in [0.2, 0.25) is 5.88 Å². The number of aromatic nitrogens is 1. The molecule has 0 amide bonds. The summed E-state index contributed by atoms with van der Waals surface area (Å²) < 4.78 is 31.1. The van der Waals surface area contributed by atoms with Crippen LogP contribution in [-0.2, 0) is 13.2 Å². The zero-order valence-corrected chi connectivity index (χ0v) is 19.3. The molecule has 0 spiro atoms. The molecule has 0 atom stereocenters. The van der Waals surface area contributed by atoms with E-state index in [2.05, 4.69) is 10.3 Å². The van der Waals surface area contributed by atoms with E-state index in [4.69, 9.17) is 37.4 Å². The lowest BCUT2D eigenvalue weighted by Crippen LogP contribution is -2.17. The Hall–Kier alpha value is -2.54. The predicted octanol–water partition coefficient (Wildman–Crippen LogP) is 6.06. The van der Waals surface area contributed by atoms with E-state index in [-0.39, 0.29) is 12.2 Å². The van der Waals surface area contributed by atoms with Crippen LogP contribution in [-0.4, -0.2) is 24.7 Å². The van der Waals surface area contributed by atoms with Crippen LogP contribution in [0.1, 0.15) is 24.5 Å². The van der Waals surface area contributed by atoms with E-state index in [1.165, 1.54) is 6.07 Å². The fourth-order valence-electron chi connectivity index (χ4n) is 2.94. The monoisotopic (exact) mass is 478 g/mol. The van der Waals surface area contributed by atoms with Crippen molar-refractivity contribution in [3.05, 3.63) is 81.7 Å². The number of nitrogens with one attached hydrogen (secondary N) is 1. The van der Waals surface area contributed by atoms with Crippen molar-refractivity contribution < 1.29 is 18.6 Å². The Balaban J connectivity index is 1.55. The number of hydrogen-bond donors (Lipinski definition) is 1. The van der Waals surface area contributed by atoms with Crippen molar-refractivity contribution in [2.45, 2.75) is 26.5 Å². The average molecular weight is 479 g/mol. The first-order valence-corrected chi connectivity index (χ1v) is 11.1. The van der Waals surface area contributed by atoms with Gasteiger partial charge in [0.1, 0.15) is 12.4 Å². The summed E-state index contributed by atoms with van der Waals surface area (Å²) >= 11 is 12.5. The van der Waals surface area contributed by atoms with E-state index >= 15 is 0 Å². The molecule has 3 aromatic rings. The second-order valence-electron chi connectivity index (χ2n) is 6.86. The molecule has 0 radical (unpaired) electrons. The maximum atomic E-state index is 14.0. The van der Waals surface area contributed by atoms with Crippen molar-refractivity contribution in [1.82, 2.24) is 10.3 Å². The largest absolute Gasteiger partial charge is 0.490 e. The molecule has 1 heterocycles. The third-order valence-electron chi connectivity index (χ3n) is 4.55. The Morgan fingerprint density at radius 1 is 0.969 bits per heavy atom. The summed E-state index contributed by atoms with van der Waals surface area (Å²) in [6, 6.07) is 13.6. The van der Waals surface area contributed by atoms with Crippen LogP contribution in [0.15, 0.2) is 54.7 Å². The molecule has 1 N–H and O–H groups in total. The first kappa shape index (κ1) is 24.1. The lowest BCUT2D eigenvalue weighted by Gasteiger charge is -2.16. The fourth-order valence-corrected chi connectivity index (χ4v) is 3.38. The summed E-state index contributed by atoms with van der Waals surface area (Å²) in [5, 5.41) is 4.18. The Kier molecular flexibility index (Phi) is 9.41. The molecule has 0 aliphatic rings. The van der Waals surface area contributed by atoms with Gasteiger partial charge in [-0.25, -0.2) is 9.37 Å². The summed E-state index contributed by atoms with van der Waals surface area (Å²) in [6.45, 7) is 4.17. The molecule has 0 bridgehead atoms. The van der Waals surface area contributed by atoms with Gasteiger partial charge >= 0.3 is 0 Å². The third-order valence-corrected chi connectivity index (χ3v) is 5.25. The molecule has 0 unspecified atom stereocenters. The Bertz CT molecular complexity index is 986. The zero-order chi connectivity index (χ0) is 22.8. The zero-order valence-electron chi connectivity index (χ0n) is 17.7. The summed E-state index contributed by atoms with van der Waals surface area (Å²) in [6.07, 6.45) is 2.51. The Labute approximate surface area is 197 Å². The van der Waals surface area contributed by atoms with E-state index in [1.807, 2.05) is 31.2 Å². The molecule has 5 nitrogen and oxygen atoms in total. The normalized spacial score (nSPS) is 10.8. The number of benzene rings is 2. The maximum absolute atomic E-state index is 14.0. The molecular weight excluding hydrogens is 454 g/mol. The topological polar surface area (TPSA) is 52.6 Å². The van der Waals surface area contributed by atoms with E-state index < -0.39 is 5.82 Å². The summed E-state index contributed by atoms with van der Waals surface area (Å²) in [7, 11) is 0. The van der Waals surface area contributed by atoms with Gasteiger partial charge in [-0.2, -0.15) is 0 Å². The van der Waals surface area contributed by atoms with Crippen molar-refractivity contribution >= 4 is 23.2 Å². The smallest absolute Gasteiger partial charge is 0.213 e. The number of rotatable bonds is 12.